The molecule has 4 nitrogen and oxygen atoms in total. The molecular formula is C5H6N4. The first-order valence-corrected chi connectivity index (χ1v) is 2.40. The number of anilines is 1. The Bertz CT molecular complexity index is 203. The molecular weight excluding hydrogens is 116 g/mol. The summed E-state index contributed by atoms with van der Waals surface area (Å²) in [6.07, 6.45) is 3.06. The molecule has 2 N–H and O–H groups in total. The van der Waals surface area contributed by atoms with Gasteiger partial charge in [0.15, 0.2) is 0 Å². The Morgan fingerprint density at radius 1 is 1.56 bits per heavy atom. The quantitative estimate of drug-likeness (QED) is 0.573. The number of hydrogen-bond acceptors (Lipinski definition) is 4. The number of nitrogens with two attached hydrogens (primary N) is 1. The first-order chi connectivity index (χ1) is 4.33. The highest BCUT2D eigenvalue weighted by Gasteiger charge is 1.87. The number of aromatic nitrogens is 3. The minimum atomic E-state index is 0.181. The highest BCUT2D eigenvalue weighted by atomic mass is 15.2. The first kappa shape index (κ1) is 5.68. The lowest BCUT2D eigenvalue weighted by molar-refractivity contribution is 0.973. The van der Waals surface area contributed by atoms with E-state index in [4.69, 9.17) is 5.73 Å². The fourth-order valence-corrected chi connectivity index (χ4v) is 0.386. The number of nitrogen functional groups attached to an aromatic ring is 1. The molecule has 0 fully saturated rings. The van der Waals surface area contributed by atoms with E-state index in [9.17, 15) is 0 Å². The van der Waals surface area contributed by atoms with Crippen LogP contribution in [0.5, 0.6) is 0 Å². The molecule has 1 aromatic heterocycles. The van der Waals surface area contributed by atoms with Crippen LogP contribution in [0, 0.1) is 0 Å². The molecule has 0 unspecified atom stereocenters. The second-order valence-electron chi connectivity index (χ2n) is 1.45. The van der Waals surface area contributed by atoms with E-state index in [1.54, 1.807) is 6.08 Å². The van der Waals surface area contributed by atoms with E-state index in [0.717, 1.165) is 0 Å². The monoisotopic (exact) mass is 122 g/mol. The van der Waals surface area contributed by atoms with Crippen molar-refractivity contribution in [2.75, 3.05) is 5.73 Å². The van der Waals surface area contributed by atoms with E-state index < -0.39 is 0 Å². The molecule has 0 aliphatic carbocycles. The summed E-state index contributed by atoms with van der Waals surface area (Å²) in [6.45, 7) is 3.48. The lowest BCUT2D eigenvalue weighted by Crippen LogP contribution is -1.96. The van der Waals surface area contributed by atoms with Crippen molar-refractivity contribution in [3.63, 3.8) is 0 Å². The normalized spacial score (nSPS) is 8.89. The van der Waals surface area contributed by atoms with Gasteiger partial charge in [-0.1, -0.05) is 6.58 Å². The summed E-state index contributed by atoms with van der Waals surface area (Å²) < 4.78 is 0. The van der Waals surface area contributed by atoms with Gasteiger partial charge in [0.25, 0.3) is 0 Å². The van der Waals surface area contributed by atoms with Gasteiger partial charge in [0.2, 0.25) is 5.95 Å². The predicted octanol–water partition coefficient (Wildman–Crippen LogP) is 0.0968. The Kier molecular flexibility index (Phi) is 1.40. The number of rotatable bonds is 1. The van der Waals surface area contributed by atoms with E-state index in [1.807, 2.05) is 0 Å². The molecule has 0 atom stereocenters. The van der Waals surface area contributed by atoms with Gasteiger partial charge in [0.1, 0.15) is 5.69 Å². The summed E-state index contributed by atoms with van der Waals surface area (Å²) in [5.74, 6) is 0.181. The molecule has 0 aromatic carbocycles. The summed E-state index contributed by atoms with van der Waals surface area (Å²) in [7, 11) is 0. The number of hydrogen-bond donors (Lipinski definition) is 1. The van der Waals surface area contributed by atoms with Crippen molar-refractivity contribution in [3.8, 4) is 0 Å². The van der Waals surface area contributed by atoms with Crippen molar-refractivity contribution in [2.45, 2.75) is 0 Å². The Hall–Kier alpha value is -1.45. The maximum absolute atomic E-state index is 5.16. The molecule has 0 saturated carbocycles. The third-order valence-corrected chi connectivity index (χ3v) is 0.806. The standard InChI is InChI=1S/C5H6N4/c1-2-4-3-7-5(6)9-8-4/h2-3H,1H2,(H2,6,7,9). The molecule has 0 saturated heterocycles. The van der Waals surface area contributed by atoms with Crippen LogP contribution in [0.2, 0.25) is 0 Å². The van der Waals surface area contributed by atoms with Crippen molar-refractivity contribution in [1.82, 2.24) is 15.2 Å². The van der Waals surface area contributed by atoms with E-state index in [0.29, 0.717) is 5.69 Å². The molecule has 1 heterocycles. The molecule has 0 radical (unpaired) electrons. The van der Waals surface area contributed by atoms with Gasteiger partial charge in [-0.05, 0) is 6.08 Å². The van der Waals surface area contributed by atoms with Gasteiger partial charge in [-0.2, -0.15) is 0 Å². The summed E-state index contributed by atoms with van der Waals surface area (Å²) in [5.41, 5.74) is 5.79. The van der Waals surface area contributed by atoms with E-state index in [-0.39, 0.29) is 5.95 Å². The average Bonchev–Trinajstić information content (AvgIpc) is 1.90. The van der Waals surface area contributed by atoms with Crippen molar-refractivity contribution >= 4 is 12.0 Å². The second-order valence-corrected chi connectivity index (χ2v) is 1.45. The van der Waals surface area contributed by atoms with E-state index in [2.05, 4.69) is 21.8 Å². The highest BCUT2D eigenvalue weighted by Crippen LogP contribution is 1.91. The van der Waals surface area contributed by atoms with Crippen LogP contribution in [-0.2, 0) is 0 Å². The van der Waals surface area contributed by atoms with Crippen molar-refractivity contribution in [1.29, 1.82) is 0 Å². The van der Waals surface area contributed by atoms with Crippen LogP contribution in [0.3, 0.4) is 0 Å². The summed E-state index contributed by atoms with van der Waals surface area (Å²) in [5, 5.41) is 7.14. The molecule has 0 spiro atoms. The SMILES string of the molecule is C=Cc1cnc(N)nn1. The van der Waals surface area contributed by atoms with Crippen molar-refractivity contribution in [3.05, 3.63) is 18.5 Å². The zero-order chi connectivity index (χ0) is 6.69. The van der Waals surface area contributed by atoms with Crippen LogP contribution < -0.4 is 5.73 Å². The first-order valence-electron chi connectivity index (χ1n) is 2.40. The van der Waals surface area contributed by atoms with Crippen LogP contribution >= 0.6 is 0 Å². The van der Waals surface area contributed by atoms with Crippen LogP contribution in [0.15, 0.2) is 12.8 Å². The summed E-state index contributed by atoms with van der Waals surface area (Å²) in [4.78, 5) is 3.68. The van der Waals surface area contributed by atoms with Gasteiger partial charge in [-0.15, -0.1) is 10.2 Å². The predicted molar refractivity (Wildman–Crippen MR) is 34.3 cm³/mol. The molecule has 1 rings (SSSR count). The van der Waals surface area contributed by atoms with Crippen molar-refractivity contribution < 1.29 is 0 Å². The van der Waals surface area contributed by atoms with Crippen LogP contribution in [0.25, 0.3) is 6.08 Å². The molecule has 0 aliphatic rings. The fourth-order valence-electron chi connectivity index (χ4n) is 0.386. The van der Waals surface area contributed by atoms with E-state index in [1.165, 1.54) is 6.20 Å². The maximum atomic E-state index is 5.16. The Morgan fingerprint density at radius 3 is 2.78 bits per heavy atom. The highest BCUT2D eigenvalue weighted by molar-refractivity contribution is 5.39. The van der Waals surface area contributed by atoms with Gasteiger partial charge < -0.3 is 5.73 Å². The largest absolute Gasteiger partial charge is 0.366 e. The van der Waals surface area contributed by atoms with Gasteiger partial charge in [0.05, 0.1) is 6.20 Å². The zero-order valence-corrected chi connectivity index (χ0v) is 4.78. The summed E-state index contributed by atoms with van der Waals surface area (Å²) >= 11 is 0. The van der Waals surface area contributed by atoms with Crippen LogP contribution in [0.1, 0.15) is 5.69 Å². The third-order valence-electron chi connectivity index (χ3n) is 0.806. The molecule has 1 aromatic rings. The van der Waals surface area contributed by atoms with Gasteiger partial charge in [-0.25, -0.2) is 4.98 Å². The Balaban J connectivity index is 3.01. The molecule has 0 bridgehead atoms. The van der Waals surface area contributed by atoms with Gasteiger partial charge >= 0.3 is 0 Å². The zero-order valence-electron chi connectivity index (χ0n) is 4.78. The topological polar surface area (TPSA) is 64.7 Å². The Labute approximate surface area is 52.4 Å². The van der Waals surface area contributed by atoms with E-state index >= 15 is 0 Å². The minimum absolute atomic E-state index is 0.181. The lowest BCUT2D eigenvalue weighted by atomic mass is 10.5. The smallest absolute Gasteiger partial charge is 0.240 e. The third kappa shape index (κ3) is 1.22. The second kappa shape index (κ2) is 2.21. The van der Waals surface area contributed by atoms with Gasteiger partial charge in [-0.3, -0.25) is 0 Å². The van der Waals surface area contributed by atoms with Crippen LogP contribution in [0.4, 0.5) is 5.95 Å². The maximum Gasteiger partial charge on any atom is 0.240 e. The average molecular weight is 122 g/mol. The fraction of sp³-hybridized carbons (Fsp3) is 0. The molecule has 9 heavy (non-hydrogen) atoms. The summed E-state index contributed by atoms with van der Waals surface area (Å²) in [6, 6.07) is 0. The number of nitrogens with zero attached hydrogens (tertiary/aromatic N) is 3. The molecule has 46 valence electrons. The van der Waals surface area contributed by atoms with Crippen LogP contribution in [-0.4, -0.2) is 15.2 Å². The molecule has 0 amide bonds. The molecule has 0 aliphatic heterocycles. The minimum Gasteiger partial charge on any atom is -0.366 e. The molecule has 4 heteroatoms. The lowest BCUT2D eigenvalue weighted by Gasteiger charge is -1.88. The van der Waals surface area contributed by atoms with Gasteiger partial charge in [0, 0.05) is 0 Å². The van der Waals surface area contributed by atoms with Crippen molar-refractivity contribution in [2.24, 2.45) is 0 Å². The Morgan fingerprint density at radius 2 is 2.33 bits per heavy atom.